The molecule has 1 aromatic heterocycles. The van der Waals surface area contributed by atoms with E-state index in [2.05, 4.69) is 10.3 Å². The lowest BCUT2D eigenvalue weighted by Gasteiger charge is -2.06. The van der Waals surface area contributed by atoms with Crippen LogP contribution in [-0.4, -0.2) is 26.6 Å². The van der Waals surface area contributed by atoms with Crippen molar-refractivity contribution in [2.75, 3.05) is 6.54 Å². The molecule has 0 amide bonds. The lowest BCUT2D eigenvalue weighted by molar-refractivity contribution is 0.469. The molecule has 0 spiro atoms. The van der Waals surface area contributed by atoms with E-state index in [0.717, 1.165) is 5.69 Å². The van der Waals surface area contributed by atoms with Gasteiger partial charge >= 0.3 is 0 Å². The van der Waals surface area contributed by atoms with E-state index in [9.17, 15) is 5.11 Å². The third kappa shape index (κ3) is 1.82. The molecule has 0 fully saturated rings. The van der Waals surface area contributed by atoms with Gasteiger partial charge in [0.25, 0.3) is 0 Å². The van der Waals surface area contributed by atoms with Gasteiger partial charge in [0.15, 0.2) is 0 Å². The number of phenolic OH excluding ortho intramolecular Hbond substituents is 1. The second-order valence-corrected chi connectivity index (χ2v) is 3.16. The summed E-state index contributed by atoms with van der Waals surface area (Å²) < 4.78 is 1.60. The summed E-state index contributed by atoms with van der Waals surface area (Å²) in [5, 5.41) is 17.4. The number of nitrogens with two attached hydrogens (primary N) is 1. The molecular weight excluding hydrogens is 192 g/mol. The second kappa shape index (κ2) is 4.10. The van der Waals surface area contributed by atoms with E-state index in [1.807, 2.05) is 6.07 Å². The van der Waals surface area contributed by atoms with E-state index < -0.39 is 0 Å². The van der Waals surface area contributed by atoms with Gasteiger partial charge in [-0.1, -0.05) is 17.3 Å². The minimum atomic E-state index is 0.182. The van der Waals surface area contributed by atoms with Crippen LogP contribution in [0.1, 0.15) is 5.69 Å². The average Bonchev–Trinajstić information content (AvgIpc) is 2.67. The molecule has 0 atom stereocenters. The number of hydrogen-bond donors (Lipinski definition) is 2. The first-order valence-electron chi connectivity index (χ1n) is 4.71. The molecular formula is C10H12N4O. The molecule has 2 rings (SSSR count). The molecule has 78 valence electrons. The van der Waals surface area contributed by atoms with Gasteiger partial charge in [-0.05, 0) is 18.7 Å². The van der Waals surface area contributed by atoms with Crippen LogP contribution in [0.25, 0.3) is 5.69 Å². The summed E-state index contributed by atoms with van der Waals surface area (Å²) in [6.45, 7) is 0.529. The quantitative estimate of drug-likeness (QED) is 0.762. The number of hydrogen-bond acceptors (Lipinski definition) is 4. The van der Waals surface area contributed by atoms with Gasteiger partial charge in [0, 0.05) is 6.42 Å². The van der Waals surface area contributed by atoms with Gasteiger partial charge in [0.2, 0.25) is 0 Å². The molecule has 0 aliphatic heterocycles. The van der Waals surface area contributed by atoms with Crippen LogP contribution in [0.2, 0.25) is 0 Å². The number of aromatic hydroxyl groups is 1. The molecule has 1 heterocycles. The van der Waals surface area contributed by atoms with E-state index in [-0.39, 0.29) is 5.75 Å². The maximum absolute atomic E-state index is 9.66. The molecule has 0 saturated carbocycles. The lowest BCUT2D eigenvalue weighted by atomic mass is 10.2. The zero-order valence-corrected chi connectivity index (χ0v) is 8.17. The topological polar surface area (TPSA) is 77.0 Å². The van der Waals surface area contributed by atoms with Crippen molar-refractivity contribution < 1.29 is 5.11 Å². The number of benzene rings is 1. The summed E-state index contributed by atoms with van der Waals surface area (Å²) in [6.07, 6.45) is 2.33. The Bertz CT molecular complexity index is 452. The van der Waals surface area contributed by atoms with E-state index in [1.165, 1.54) is 0 Å². The Morgan fingerprint density at radius 2 is 2.13 bits per heavy atom. The minimum Gasteiger partial charge on any atom is -0.506 e. The SMILES string of the molecule is NCCc1cnnn1-c1ccccc1O. The van der Waals surface area contributed by atoms with Gasteiger partial charge in [0.05, 0.1) is 11.9 Å². The average molecular weight is 204 g/mol. The number of phenols is 1. The first-order chi connectivity index (χ1) is 7.33. The molecule has 0 radical (unpaired) electrons. The highest BCUT2D eigenvalue weighted by Crippen LogP contribution is 2.20. The van der Waals surface area contributed by atoms with Crippen LogP contribution in [-0.2, 0) is 6.42 Å². The summed E-state index contributed by atoms with van der Waals surface area (Å²) in [6, 6.07) is 6.99. The summed E-state index contributed by atoms with van der Waals surface area (Å²) in [4.78, 5) is 0. The predicted octanol–water partition coefficient (Wildman–Crippen LogP) is 0.474. The van der Waals surface area contributed by atoms with Crippen LogP contribution < -0.4 is 5.73 Å². The Labute approximate surface area is 87.1 Å². The van der Waals surface area contributed by atoms with E-state index in [0.29, 0.717) is 18.7 Å². The highest BCUT2D eigenvalue weighted by atomic mass is 16.3. The van der Waals surface area contributed by atoms with E-state index in [1.54, 1.807) is 29.1 Å². The van der Waals surface area contributed by atoms with Crippen molar-refractivity contribution in [1.29, 1.82) is 0 Å². The second-order valence-electron chi connectivity index (χ2n) is 3.16. The summed E-state index contributed by atoms with van der Waals surface area (Å²) >= 11 is 0. The fourth-order valence-corrected chi connectivity index (χ4v) is 1.42. The Kier molecular flexibility index (Phi) is 2.64. The van der Waals surface area contributed by atoms with Crippen LogP contribution >= 0.6 is 0 Å². The Balaban J connectivity index is 2.45. The largest absolute Gasteiger partial charge is 0.506 e. The molecule has 0 bridgehead atoms. The van der Waals surface area contributed by atoms with Crippen LogP contribution in [0.4, 0.5) is 0 Å². The van der Waals surface area contributed by atoms with Crippen LogP contribution in [0.15, 0.2) is 30.5 Å². The Morgan fingerprint density at radius 1 is 1.33 bits per heavy atom. The minimum absolute atomic E-state index is 0.182. The number of rotatable bonds is 3. The normalized spacial score (nSPS) is 10.5. The lowest BCUT2D eigenvalue weighted by Crippen LogP contribution is -2.08. The van der Waals surface area contributed by atoms with Crippen LogP contribution in [0.5, 0.6) is 5.75 Å². The zero-order chi connectivity index (χ0) is 10.7. The maximum Gasteiger partial charge on any atom is 0.141 e. The maximum atomic E-state index is 9.66. The fourth-order valence-electron chi connectivity index (χ4n) is 1.42. The zero-order valence-electron chi connectivity index (χ0n) is 8.17. The summed E-state index contributed by atoms with van der Waals surface area (Å²) in [5.74, 6) is 0.182. The Morgan fingerprint density at radius 3 is 2.87 bits per heavy atom. The molecule has 0 saturated heterocycles. The molecule has 1 aromatic carbocycles. The smallest absolute Gasteiger partial charge is 0.141 e. The Hall–Kier alpha value is -1.88. The van der Waals surface area contributed by atoms with E-state index >= 15 is 0 Å². The molecule has 0 aliphatic carbocycles. The van der Waals surface area contributed by atoms with Crippen LogP contribution in [0, 0.1) is 0 Å². The molecule has 5 heteroatoms. The number of aromatic nitrogens is 3. The standard InChI is InChI=1S/C10H12N4O/c11-6-5-8-7-12-13-14(8)9-3-1-2-4-10(9)15/h1-4,7,15H,5-6,11H2. The monoisotopic (exact) mass is 204 g/mol. The molecule has 2 aromatic rings. The predicted molar refractivity (Wildman–Crippen MR) is 55.8 cm³/mol. The highest BCUT2D eigenvalue weighted by molar-refractivity contribution is 5.45. The molecule has 3 N–H and O–H groups in total. The highest BCUT2D eigenvalue weighted by Gasteiger charge is 2.08. The third-order valence-electron chi connectivity index (χ3n) is 2.13. The molecule has 5 nitrogen and oxygen atoms in total. The van der Waals surface area contributed by atoms with Crippen LogP contribution in [0.3, 0.4) is 0 Å². The van der Waals surface area contributed by atoms with Crippen molar-refractivity contribution >= 4 is 0 Å². The first kappa shape index (κ1) is 9.67. The van der Waals surface area contributed by atoms with Gasteiger partial charge in [-0.2, -0.15) is 0 Å². The first-order valence-corrected chi connectivity index (χ1v) is 4.71. The fraction of sp³-hybridized carbons (Fsp3) is 0.200. The van der Waals surface area contributed by atoms with Gasteiger partial charge < -0.3 is 10.8 Å². The van der Waals surface area contributed by atoms with Crippen molar-refractivity contribution in [3.8, 4) is 11.4 Å². The van der Waals surface area contributed by atoms with Gasteiger partial charge in [0.1, 0.15) is 11.4 Å². The number of para-hydroxylation sites is 2. The van der Waals surface area contributed by atoms with Gasteiger partial charge in [-0.3, -0.25) is 0 Å². The van der Waals surface area contributed by atoms with Crippen molar-refractivity contribution in [2.45, 2.75) is 6.42 Å². The molecule has 0 unspecified atom stereocenters. The molecule has 0 aliphatic rings. The van der Waals surface area contributed by atoms with E-state index in [4.69, 9.17) is 5.73 Å². The van der Waals surface area contributed by atoms with Crippen molar-refractivity contribution in [1.82, 2.24) is 15.0 Å². The third-order valence-corrected chi connectivity index (χ3v) is 2.13. The van der Waals surface area contributed by atoms with Crippen molar-refractivity contribution in [2.24, 2.45) is 5.73 Å². The van der Waals surface area contributed by atoms with Crippen molar-refractivity contribution in [3.05, 3.63) is 36.2 Å². The summed E-state index contributed by atoms with van der Waals surface area (Å²) in [5.41, 5.74) is 6.98. The van der Waals surface area contributed by atoms with Crippen molar-refractivity contribution in [3.63, 3.8) is 0 Å². The van der Waals surface area contributed by atoms with Gasteiger partial charge in [-0.25, -0.2) is 4.68 Å². The number of nitrogens with zero attached hydrogens (tertiary/aromatic N) is 3. The van der Waals surface area contributed by atoms with Gasteiger partial charge in [-0.15, -0.1) is 5.10 Å². The summed E-state index contributed by atoms with van der Waals surface area (Å²) in [7, 11) is 0. The molecule has 15 heavy (non-hydrogen) atoms.